The normalized spacial score (nSPS) is 11.0. The molecule has 3 rings (SSSR count). The number of halogens is 1. The van der Waals surface area contributed by atoms with Crippen LogP contribution in [-0.4, -0.2) is 32.9 Å². The van der Waals surface area contributed by atoms with E-state index in [2.05, 4.69) is 10.3 Å². The van der Waals surface area contributed by atoms with Crippen LogP contribution in [0.2, 0.25) is 0 Å². The number of carbonyl (C=O) groups is 1. The van der Waals surface area contributed by atoms with Gasteiger partial charge in [-0.05, 0) is 43.2 Å². The molecule has 0 aliphatic heterocycles. The van der Waals surface area contributed by atoms with Crippen molar-refractivity contribution in [3.05, 3.63) is 64.2 Å². The molecule has 0 aliphatic rings. The molecule has 1 heterocycles. The molecule has 0 unspecified atom stereocenters. The molecule has 0 saturated carbocycles. The van der Waals surface area contributed by atoms with Crippen LogP contribution in [0.15, 0.2) is 52.4 Å². The fraction of sp³-hybridized carbons (Fsp3) is 0.250. The molecule has 146 valence electrons. The largest absolute Gasteiger partial charge is 0.396 e. The lowest BCUT2D eigenvalue weighted by Crippen LogP contribution is -2.25. The quantitative estimate of drug-likeness (QED) is 0.470. The smallest absolute Gasteiger partial charge is 0.262 e. The molecule has 6 nitrogen and oxygen atoms in total. The molecular weight excluding hydrogens is 381 g/mol. The molecule has 1 aromatic heterocycles. The maximum absolute atomic E-state index is 13.4. The summed E-state index contributed by atoms with van der Waals surface area (Å²) in [5.41, 5.74) is 1.51. The fourth-order valence-electron chi connectivity index (χ4n) is 2.73. The number of hydrogen-bond donors (Lipinski definition) is 2. The minimum Gasteiger partial charge on any atom is -0.396 e. The van der Waals surface area contributed by atoms with Gasteiger partial charge in [0.15, 0.2) is 5.16 Å². The van der Waals surface area contributed by atoms with Crippen molar-refractivity contribution in [2.45, 2.75) is 25.0 Å². The lowest BCUT2D eigenvalue weighted by molar-refractivity contribution is -0.113. The number of benzene rings is 2. The number of rotatable bonds is 7. The Morgan fingerprint density at radius 3 is 2.86 bits per heavy atom. The zero-order chi connectivity index (χ0) is 20.1. The predicted octanol–water partition coefficient (Wildman–Crippen LogP) is 2.96. The highest BCUT2D eigenvalue weighted by Gasteiger charge is 2.14. The Labute approximate surface area is 165 Å². The number of aryl methyl sites for hydroxylation is 1. The van der Waals surface area contributed by atoms with Crippen LogP contribution >= 0.6 is 11.8 Å². The number of aliphatic hydroxyl groups excluding tert-OH is 1. The Balaban J connectivity index is 1.81. The summed E-state index contributed by atoms with van der Waals surface area (Å²) in [5.74, 6) is -0.739. The molecule has 0 bridgehead atoms. The summed E-state index contributed by atoms with van der Waals surface area (Å²) in [6.45, 7) is 2.03. The summed E-state index contributed by atoms with van der Waals surface area (Å²) in [6, 6.07) is 11.2. The van der Waals surface area contributed by atoms with Gasteiger partial charge in [0.1, 0.15) is 5.82 Å². The maximum Gasteiger partial charge on any atom is 0.262 e. The van der Waals surface area contributed by atoms with Crippen molar-refractivity contribution in [1.82, 2.24) is 9.55 Å². The summed E-state index contributed by atoms with van der Waals surface area (Å²) >= 11 is 1.13. The van der Waals surface area contributed by atoms with Gasteiger partial charge in [-0.3, -0.25) is 14.2 Å². The first kappa shape index (κ1) is 20.0. The third kappa shape index (κ3) is 4.58. The van der Waals surface area contributed by atoms with E-state index in [0.29, 0.717) is 34.7 Å². The van der Waals surface area contributed by atoms with Gasteiger partial charge >= 0.3 is 0 Å². The van der Waals surface area contributed by atoms with Crippen molar-refractivity contribution >= 4 is 34.3 Å². The van der Waals surface area contributed by atoms with Crippen molar-refractivity contribution < 1.29 is 14.3 Å². The number of nitrogens with one attached hydrogen (secondary N) is 1. The zero-order valence-electron chi connectivity index (χ0n) is 15.3. The molecule has 8 heteroatoms. The van der Waals surface area contributed by atoms with Gasteiger partial charge in [0.05, 0.1) is 16.7 Å². The minimum atomic E-state index is -0.428. The first-order valence-corrected chi connectivity index (χ1v) is 9.77. The van der Waals surface area contributed by atoms with Gasteiger partial charge < -0.3 is 10.4 Å². The number of aliphatic hydroxyl groups is 1. The van der Waals surface area contributed by atoms with Crippen LogP contribution < -0.4 is 10.9 Å². The Morgan fingerprint density at radius 1 is 1.29 bits per heavy atom. The van der Waals surface area contributed by atoms with E-state index in [0.717, 1.165) is 17.3 Å². The number of anilines is 1. The molecule has 0 saturated heterocycles. The van der Waals surface area contributed by atoms with E-state index in [4.69, 9.17) is 5.11 Å². The van der Waals surface area contributed by atoms with Crippen LogP contribution in [0, 0.1) is 12.7 Å². The van der Waals surface area contributed by atoms with Gasteiger partial charge in [0.25, 0.3) is 5.56 Å². The number of hydrogen-bond acceptors (Lipinski definition) is 5. The van der Waals surface area contributed by atoms with Gasteiger partial charge in [0.2, 0.25) is 5.91 Å². The van der Waals surface area contributed by atoms with E-state index in [1.165, 1.54) is 16.7 Å². The fourth-order valence-corrected chi connectivity index (χ4v) is 3.55. The third-order valence-electron chi connectivity index (χ3n) is 4.17. The highest BCUT2D eigenvalue weighted by atomic mass is 32.2. The SMILES string of the molecule is Cc1ccc(F)cc1NC(=O)CSc1nc2ccccc2c(=O)n1CCCO. The summed E-state index contributed by atoms with van der Waals surface area (Å²) < 4.78 is 14.9. The molecule has 3 aromatic rings. The molecular formula is C20H20FN3O3S. The van der Waals surface area contributed by atoms with Crippen molar-refractivity contribution in [2.75, 3.05) is 17.7 Å². The molecule has 0 spiro atoms. The first-order chi connectivity index (χ1) is 13.5. The lowest BCUT2D eigenvalue weighted by Gasteiger charge is -2.13. The Kier molecular flexibility index (Phi) is 6.43. The summed E-state index contributed by atoms with van der Waals surface area (Å²) in [6.07, 6.45) is 0.405. The Morgan fingerprint density at radius 2 is 2.07 bits per heavy atom. The molecule has 2 aromatic carbocycles. The lowest BCUT2D eigenvalue weighted by atomic mass is 10.2. The van der Waals surface area contributed by atoms with Gasteiger partial charge in [-0.2, -0.15) is 0 Å². The number of fused-ring (bicyclic) bond motifs is 1. The summed E-state index contributed by atoms with van der Waals surface area (Å²) in [5, 5.41) is 12.7. The first-order valence-electron chi connectivity index (χ1n) is 8.79. The van der Waals surface area contributed by atoms with Crippen LogP contribution in [0.25, 0.3) is 10.9 Å². The predicted molar refractivity (Wildman–Crippen MR) is 108 cm³/mol. The second-order valence-corrected chi connectivity index (χ2v) is 7.18. The van der Waals surface area contributed by atoms with Crippen LogP contribution in [0.5, 0.6) is 0 Å². The average Bonchev–Trinajstić information content (AvgIpc) is 2.69. The summed E-state index contributed by atoms with van der Waals surface area (Å²) in [4.78, 5) is 29.6. The van der Waals surface area contributed by atoms with E-state index in [9.17, 15) is 14.0 Å². The second-order valence-electron chi connectivity index (χ2n) is 6.24. The monoisotopic (exact) mass is 401 g/mol. The van der Waals surface area contributed by atoms with Crippen LogP contribution in [-0.2, 0) is 11.3 Å². The van der Waals surface area contributed by atoms with E-state index in [1.807, 2.05) is 0 Å². The van der Waals surface area contributed by atoms with Crippen LogP contribution in [0.1, 0.15) is 12.0 Å². The maximum atomic E-state index is 13.4. The van der Waals surface area contributed by atoms with Gasteiger partial charge in [-0.1, -0.05) is 30.0 Å². The molecule has 28 heavy (non-hydrogen) atoms. The number of amides is 1. The third-order valence-corrected chi connectivity index (χ3v) is 5.15. The number of carbonyl (C=O) groups excluding carboxylic acids is 1. The topological polar surface area (TPSA) is 84.2 Å². The highest BCUT2D eigenvalue weighted by molar-refractivity contribution is 7.99. The number of para-hydroxylation sites is 1. The van der Waals surface area contributed by atoms with Crippen LogP contribution in [0.3, 0.4) is 0 Å². The van der Waals surface area contributed by atoms with Crippen molar-refractivity contribution in [2.24, 2.45) is 0 Å². The summed E-state index contributed by atoms with van der Waals surface area (Å²) in [7, 11) is 0. The van der Waals surface area contributed by atoms with Gasteiger partial charge in [0, 0.05) is 18.8 Å². The molecule has 0 radical (unpaired) electrons. The van der Waals surface area contributed by atoms with Gasteiger partial charge in [-0.15, -0.1) is 0 Å². The molecule has 0 atom stereocenters. The van der Waals surface area contributed by atoms with E-state index < -0.39 is 5.82 Å². The number of thioether (sulfide) groups is 1. The number of aromatic nitrogens is 2. The Hall–Kier alpha value is -2.71. The molecule has 0 fully saturated rings. The number of nitrogens with zero attached hydrogens (tertiary/aromatic N) is 2. The van der Waals surface area contributed by atoms with E-state index >= 15 is 0 Å². The average molecular weight is 401 g/mol. The Bertz CT molecular complexity index is 1070. The van der Waals surface area contributed by atoms with Crippen molar-refractivity contribution in [3.63, 3.8) is 0 Å². The zero-order valence-corrected chi connectivity index (χ0v) is 16.1. The highest BCUT2D eigenvalue weighted by Crippen LogP contribution is 2.20. The molecule has 0 aliphatic carbocycles. The molecule has 1 amide bonds. The van der Waals surface area contributed by atoms with Crippen molar-refractivity contribution in [3.8, 4) is 0 Å². The van der Waals surface area contributed by atoms with Crippen LogP contribution in [0.4, 0.5) is 10.1 Å². The molecule has 2 N–H and O–H groups in total. The second kappa shape index (κ2) is 8.99. The van der Waals surface area contributed by atoms with Crippen molar-refractivity contribution in [1.29, 1.82) is 0 Å². The van der Waals surface area contributed by atoms with Gasteiger partial charge in [-0.25, -0.2) is 9.37 Å². The van der Waals surface area contributed by atoms with E-state index in [1.54, 1.807) is 37.3 Å². The standard InChI is InChI=1S/C20H20FN3O3S/c1-13-7-8-14(21)11-17(13)22-18(26)12-28-20-23-16-6-3-2-5-15(16)19(27)24(20)9-4-10-25/h2-3,5-8,11,25H,4,9-10,12H2,1H3,(H,22,26). The van der Waals surface area contributed by atoms with E-state index in [-0.39, 0.29) is 23.8 Å². The minimum absolute atomic E-state index is 0.0137.